The molecule has 0 saturated heterocycles. The van der Waals surface area contributed by atoms with Gasteiger partial charge in [0.2, 0.25) is 5.95 Å². The summed E-state index contributed by atoms with van der Waals surface area (Å²) in [5.74, 6) is -1.17. The third-order valence-corrected chi connectivity index (χ3v) is 3.92. The molecule has 2 aromatic rings. The second-order valence-corrected chi connectivity index (χ2v) is 6.29. The van der Waals surface area contributed by atoms with E-state index in [4.69, 9.17) is 0 Å². The molecule has 0 bridgehead atoms. The van der Waals surface area contributed by atoms with Gasteiger partial charge in [0.1, 0.15) is 5.82 Å². The Labute approximate surface area is 164 Å². The Kier molecular flexibility index (Phi) is 6.43. The van der Waals surface area contributed by atoms with Gasteiger partial charge in [-0.2, -0.15) is 44.5 Å². The number of benzene rings is 1. The van der Waals surface area contributed by atoms with Crippen molar-refractivity contribution in [2.75, 3.05) is 10.6 Å². The van der Waals surface area contributed by atoms with Crippen molar-refractivity contribution >= 4 is 17.5 Å². The molecule has 30 heavy (non-hydrogen) atoms. The number of halogens is 9. The Morgan fingerprint density at radius 2 is 1.50 bits per heavy atom. The van der Waals surface area contributed by atoms with Crippen LogP contribution in [0.5, 0.6) is 0 Å². The Morgan fingerprint density at radius 3 is 2.00 bits per heavy atom. The molecule has 0 aliphatic heterocycles. The summed E-state index contributed by atoms with van der Waals surface area (Å²) in [6.07, 6.45) is -14.7. The van der Waals surface area contributed by atoms with E-state index in [1.165, 1.54) is 0 Å². The first kappa shape index (κ1) is 23.5. The van der Waals surface area contributed by atoms with E-state index in [0.717, 1.165) is 0 Å². The topological polar surface area (TPSA) is 49.8 Å². The fraction of sp³-hybridized carbons (Fsp3) is 0.412. The van der Waals surface area contributed by atoms with Crippen molar-refractivity contribution in [3.05, 3.63) is 41.1 Å². The van der Waals surface area contributed by atoms with Crippen LogP contribution in [0.1, 0.15) is 37.1 Å². The fourth-order valence-corrected chi connectivity index (χ4v) is 2.25. The molecule has 2 N–H and O–H groups in total. The first-order valence-corrected chi connectivity index (χ1v) is 8.39. The minimum absolute atomic E-state index is 0.132. The molecule has 0 aliphatic carbocycles. The van der Waals surface area contributed by atoms with E-state index in [0.29, 0.717) is 24.6 Å². The molecule has 0 aliphatic rings. The van der Waals surface area contributed by atoms with Crippen molar-refractivity contribution in [1.82, 2.24) is 9.97 Å². The minimum atomic E-state index is -5.21. The summed E-state index contributed by atoms with van der Waals surface area (Å²) in [5.41, 5.74) is -5.60. The van der Waals surface area contributed by atoms with Gasteiger partial charge in [-0.05, 0) is 31.5 Å². The van der Waals surface area contributed by atoms with E-state index in [1.807, 2.05) is 5.32 Å². The summed E-state index contributed by atoms with van der Waals surface area (Å²) in [6.45, 7) is 3.34. The normalized spacial score (nSPS) is 13.8. The molecule has 0 spiro atoms. The molecule has 1 atom stereocenters. The average molecular weight is 446 g/mol. The molecule has 13 heteroatoms. The number of rotatable bonds is 5. The summed E-state index contributed by atoms with van der Waals surface area (Å²) in [5, 5.41) is 4.59. The number of hydrogen-bond donors (Lipinski definition) is 2. The SMILES string of the molecule is CC[C@H](C)Nc1nc(Nc2ccc(C(F)(F)F)cc2C(F)(F)F)cc(C(F)(F)F)n1. The van der Waals surface area contributed by atoms with Crippen molar-refractivity contribution in [3.8, 4) is 0 Å². The summed E-state index contributed by atoms with van der Waals surface area (Å²) < 4.78 is 117. The zero-order valence-electron chi connectivity index (χ0n) is 15.4. The lowest BCUT2D eigenvalue weighted by Gasteiger charge is -2.18. The molecular weight excluding hydrogens is 431 g/mol. The third-order valence-electron chi connectivity index (χ3n) is 3.92. The molecule has 1 aromatic heterocycles. The molecule has 0 fully saturated rings. The molecule has 0 radical (unpaired) electrons. The van der Waals surface area contributed by atoms with Gasteiger partial charge in [-0.15, -0.1) is 0 Å². The number of anilines is 3. The van der Waals surface area contributed by atoms with Crippen LogP contribution in [0.3, 0.4) is 0 Å². The summed E-state index contributed by atoms with van der Waals surface area (Å²) in [7, 11) is 0. The van der Waals surface area contributed by atoms with Crippen molar-refractivity contribution in [1.29, 1.82) is 0 Å². The Balaban J connectivity index is 2.54. The van der Waals surface area contributed by atoms with Crippen LogP contribution in [0, 0.1) is 0 Å². The van der Waals surface area contributed by atoms with Gasteiger partial charge in [0.15, 0.2) is 5.69 Å². The molecule has 4 nitrogen and oxygen atoms in total. The molecule has 1 heterocycles. The van der Waals surface area contributed by atoms with Crippen LogP contribution in [0.2, 0.25) is 0 Å². The number of nitrogens with zero attached hydrogens (tertiary/aromatic N) is 2. The number of aromatic nitrogens is 2. The summed E-state index contributed by atoms with van der Waals surface area (Å²) in [6, 6.07) is 0.731. The van der Waals surface area contributed by atoms with Crippen LogP contribution < -0.4 is 10.6 Å². The van der Waals surface area contributed by atoms with E-state index < -0.39 is 52.8 Å². The molecule has 0 amide bonds. The van der Waals surface area contributed by atoms with Gasteiger partial charge in [-0.3, -0.25) is 0 Å². The van der Waals surface area contributed by atoms with E-state index in [1.54, 1.807) is 13.8 Å². The molecule has 0 unspecified atom stereocenters. The molecule has 166 valence electrons. The van der Waals surface area contributed by atoms with Gasteiger partial charge in [-0.25, -0.2) is 4.98 Å². The smallest absolute Gasteiger partial charge is 0.352 e. The van der Waals surface area contributed by atoms with Crippen molar-refractivity contribution in [2.24, 2.45) is 0 Å². The number of nitrogens with one attached hydrogen (secondary N) is 2. The molecule has 2 rings (SSSR count). The summed E-state index contributed by atoms with van der Waals surface area (Å²) in [4.78, 5) is 7.00. The Hall–Kier alpha value is -2.73. The second-order valence-electron chi connectivity index (χ2n) is 6.29. The highest BCUT2D eigenvalue weighted by Crippen LogP contribution is 2.40. The van der Waals surface area contributed by atoms with Crippen LogP contribution in [0.4, 0.5) is 57.0 Å². The van der Waals surface area contributed by atoms with Crippen LogP contribution in [0.25, 0.3) is 0 Å². The highest BCUT2D eigenvalue weighted by Gasteiger charge is 2.39. The third kappa shape index (κ3) is 5.89. The first-order valence-electron chi connectivity index (χ1n) is 8.39. The van der Waals surface area contributed by atoms with Gasteiger partial charge in [-0.1, -0.05) is 6.92 Å². The molecule has 1 aromatic carbocycles. The zero-order chi connectivity index (χ0) is 22.9. The van der Waals surface area contributed by atoms with Gasteiger partial charge < -0.3 is 10.6 Å². The Morgan fingerprint density at radius 1 is 0.867 bits per heavy atom. The quantitative estimate of drug-likeness (QED) is 0.516. The van der Waals surface area contributed by atoms with Gasteiger partial charge >= 0.3 is 18.5 Å². The maximum absolute atomic E-state index is 13.3. The van der Waals surface area contributed by atoms with Crippen LogP contribution in [-0.2, 0) is 18.5 Å². The maximum Gasteiger partial charge on any atom is 0.433 e. The highest BCUT2D eigenvalue weighted by atomic mass is 19.4. The van der Waals surface area contributed by atoms with Crippen molar-refractivity contribution in [3.63, 3.8) is 0 Å². The van der Waals surface area contributed by atoms with E-state index >= 15 is 0 Å². The highest BCUT2D eigenvalue weighted by molar-refractivity contribution is 5.63. The minimum Gasteiger partial charge on any atom is -0.352 e. The van der Waals surface area contributed by atoms with Crippen LogP contribution >= 0.6 is 0 Å². The van der Waals surface area contributed by atoms with E-state index in [9.17, 15) is 39.5 Å². The lowest BCUT2D eigenvalue weighted by atomic mass is 10.1. The Bertz CT molecular complexity index is 888. The number of hydrogen-bond acceptors (Lipinski definition) is 4. The largest absolute Gasteiger partial charge is 0.433 e. The summed E-state index contributed by atoms with van der Waals surface area (Å²) >= 11 is 0. The number of alkyl halides is 9. The predicted octanol–water partition coefficient (Wildman–Crippen LogP) is 6.49. The monoisotopic (exact) mass is 446 g/mol. The van der Waals surface area contributed by atoms with E-state index in [2.05, 4.69) is 15.3 Å². The first-order chi connectivity index (χ1) is 13.6. The lowest BCUT2D eigenvalue weighted by molar-refractivity contribution is -0.143. The van der Waals surface area contributed by atoms with Gasteiger partial charge in [0.05, 0.1) is 16.8 Å². The second kappa shape index (κ2) is 8.19. The van der Waals surface area contributed by atoms with Gasteiger partial charge in [0.25, 0.3) is 0 Å². The lowest BCUT2D eigenvalue weighted by Crippen LogP contribution is -2.19. The van der Waals surface area contributed by atoms with Crippen molar-refractivity contribution in [2.45, 2.75) is 44.8 Å². The molecule has 0 saturated carbocycles. The van der Waals surface area contributed by atoms with Crippen LogP contribution in [0.15, 0.2) is 24.3 Å². The maximum atomic E-state index is 13.3. The van der Waals surface area contributed by atoms with Gasteiger partial charge in [0, 0.05) is 12.1 Å². The zero-order valence-corrected chi connectivity index (χ0v) is 15.4. The van der Waals surface area contributed by atoms with Crippen molar-refractivity contribution < 1.29 is 39.5 Å². The average Bonchev–Trinajstić information content (AvgIpc) is 2.59. The predicted molar refractivity (Wildman–Crippen MR) is 90.1 cm³/mol. The standard InChI is InChI=1S/C17H15F9N4/c1-3-8(2)27-14-29-12(17(24,25)26)7-13(30-14)28-11-5-4-9(15(18,19)20)6-10(11)16(21,22)23/h4-8H,3H2,1-2H3,(H2,27,28,29,30)/t8-/m0/s1. The van der Waals surface area contributed by atoms with Crippen LogP contribution in [-0.4, -0.2) is 16.0 Å². The molecular formula is C17H15F9N4. The van der Waals surface area contributed by atoms with E-state index in [-0.39, 0.29) is 12.1 Å². The fourth-order valence-electron chi connectivity index (χ4n) is 2.25.